The third kappa shape index (κ3) is 2.68. The Morgan fingerprint density at radius 2 is 1.78 bits per heavy atom. The topological polar surface area (TPSA) is 53.7 Å². The van der Waals surface area contributed by atoms with E-state index in [1.54, 1.807) is 0 Å². The number of alkyl halides is 3. The number of benzene rings is 1. The summed E-state index contributed by atoms with van der Waals surface area (Å²) in [5.41, 5.74) is -0.897. The minimum absolute atomic E-state index is 0.0748. The Kier molecular flexibility index (Phi) is 3.63. The summed E-state index contributed by atoms with van der Waals surface area (Å²) < 4.78 is 49.1. The first-order valence-electron chi connectivity index (χ1n) is 5.34. The summed E-state index contributed by atoms with van der Waals surface area (Å²) in [6, 6.07) is 2.19. The van der Waals surface area contributed by atoms with E-state index in [0.29, 0.717) is 19.6 Å². The Morgan fingerprint density at radius 3 is 2.33 bits per heavy atom. The van der Waals surface area contributed by atoms with Gasteiger partial charge in [-0.05, 0) is 17.7 Å². The van der Waals surface area contributed by atoms with Gasteiger partial charge < -0.3 is 9.47 Å². The van der Waals surface area contributed by atoms with Crippen molar-refractivity contribution < 1.29 is 27.5 Å². The van der Waals surface area contributed by atoms with Gasteiger partial charge in [0.25, 0.3) is 0 Å². The first-order valence-corrected chi connectivity index (χ1v) is 5.34. The second-order valence-electron chi connectivity index (χ2n) is 3.82. The molecular weight excluding hydrogens is 251 g/mol. The van der Waals surface area contributed by atoms with Crippen molar-refractivity contribution in [1.29, 1.82) is 0 Å². The molecule has 7 heteroatoms. The molecule has 1 aromatic rings. The minimum Gasteiger partial charge on any atom is -0.490 e. The second kappa shape index (κ2) is 5.03. The van der Waals surface area contributed by atoms with Crippen LogP contribution in [0.4, 0.5) is 13.2 Å². The van der Waals surface area contributed by atoms with Gasteiger partial charge in [0.05, 0.1) is 25.4 Å². The number of nitrogens with two attached hydrogens (primary N) is 1. The fourth-order valence-electron chi connectivity index (χ4n) is 1.72. The summed E-state index contributed by atoms with van der Waals surface area (Å²) in [4.78, 5) is 4.29. The standard InChI is InChI=1S/C11H12F3NO3/c12-11(13,14)8-5-10-9(4-7(8)6-18-15)16-2-1-3-17-10/h4-5H,1-3,6,15H2. The van der Waals surface area contributed by atoms with E-state index in [9.17, 15) is 13.2 Å². The molecule has 0 saturated carbocycles. The molecule has 4 nitrogen and oxygen atoms in total. The van der Waals surface area contributed by atoms with Crippen molar-refractivity contribution in [1.82, 2.24) is 0 Å². The molecule has 1 heterocycles. The number of halogens is 3. The highest BCUT2D eigenvalue weighted by molar-refractivity contribution is 5.48. The lowest BCUT2D eigenvalue weighted by Crippen LogP contribution is -2.12. The smallest absolute Gasteiger partial charge is 0.416 e. The normalized spacial score (nSPS) is 15.3. The lowest BCUT2D eigenvalue weighted by atomic mass is 10.1. The summed E-state index contributed by atoms with van der Waals surface area (Å²) in [6.45, 7) is 0.393. The first-order chi connectivity index (χ1) is 8.52. The lowest BCUT2D eigenvalue weighted by Gasteiger charge is -2.16. The minimum atomic E-state index is -4.49. The Morgan fingerprint density at radius 1 is 1.17 bits per heavy atom. The maximum absolute atomic E-state index is 12.9. The zero-order valence-electron chi connectivity index (χ0n) is 9.42. The Hall–Kier alpha value is -1.47. The Bertz CT molecular complexity index is 434. The molecule has 2 rings (SSSR count). The van der Waals surface area contributed by atoms with Gasteiger partial charge in [0.1, 0.15) is 0 Å². The molecular formula is C11H12F3NO3. The van der Waals surface area contributed by atoms with Crippen LogP contribution in [-0.2, 0) is 17.6 Å². The van der Waals surface area contributed by atoms with Crippen LogP contribution in [0.25, 0.3) is 0 Å². The molecule has 0 atom stereocenters. The lowest BCUT2D eigenvalue weighted by molar-refractivity contribution is -0.139. The Balaban J connectivity index is 2.47. The molecule has 0 bridgehead atoms. The largest absolute Gasteiger partial charge is 0.490 e. The number of fused-ring (bicyclic) bond motifs is 1. The summed E-state index contributed by atoms with van der Waals surface area (Å²) in [5.74, 6) is 5.22. The van der Waals surface area contributed by atoms with Crippen LogP contribution >= 0.6 is 0 Å². The van der Waals surface area contributed by atoms with Crippen molar-refractivity contribution in [2.75, 3.05) is 13.2 Å². The fraction of sp³-hybridized carbons (Fsp3) is 0.455. The molecule has 1 aliphatic rings. The van der Waals surface area contributed by atoms with E-state index in [1.807, 2.05) is 0 Å². The maximum atomic E-state index is 12.9. The summed E-state index contributed by atoms with van der Waals surface area (Å²) in [7, 11) is 0. The van der Waals surface area contributed by atoms with Crippen LogP contribution in [0.3, 0.4) is 0 Å². The monoisotopic (exact) mass is 263 g/mol. The van der Waals surface area contributed by atoms with E-state index < -0.39 is 11.7 Å². The third-order valence-electron chi connectivity index (χ3n) is 2.52. The molecule has 0 saturated heterocycles. The van der Waals surface area contributed by atoms with Gasteiger partial charge in [-0.15, -0.1) is 0 Å². The fourth-order valence-corrected chi connectivity index (χ4v) is 1.72. The molecule has 2 N–H and O–H groups in total. The van der Waals surface area contributed by atoms with E-state index in [4.69, 9.17) is 15.4 Å². The molecule has 18 heavy (non-hydrogen) atoms. The number of hydrogen-bond acceptors (Lipinski definition) is 4. The number of ether oxygens (including phenoxy) is 2. The van der Waals surface area contributed by atoms with Crippen LogP contribution in [0.5, 0.6) is 11.5 Å². The highest BCUT2D eigenvalue weighted by Crippen LogP contribution is 2.40. The molecule has 0 unspecified atom stereocenters. The molecule has 0 amide bonds. The van der Waals surface area contributed by atoms with E-state index >= 15 is 0 Å². The van der Waals surface area contributed by atoms with Crippen molar-refractivity contribution in [2.24, 2.45) is 5.90 Å². The molecule has 0 aliphatic carbocycles. The first kappa shape index (κ1) is 13.0. The molecule has 0 radical (unpaired) electrons. The van der Waals surface area contributed by atoms with E-state index in [-0.39, 0.29) is 23.7 Å². The maximum Gasteiger partial charge on any atom is 0.416 e. The van der Waals surface area contributed by atoms with Gasteiger partial charge in [0.15, 0.2) is 11.5 Å². The third-order valence-corrected chi connectivity index (χ3v) is 2.52. The molecule has 0 fully saturated rings. The number of hydrogen-bond donors (Lipinski definition) is 1. The van der Waals surface area contributed by atoms with Gasteiger partial charge in [-0.1, -0.05) is 0 Å². The summed E-state index contributed by atoms with van der Waals surface area (Å²) in [6.07, 6.45) is -3.86. The van der Waals surface area contributed by atoms with Crippen molar-refractivity contribution in [3.8, 4) is 11.5 Å². The highest BCUT2D eigenvalue weighted by Gasteiger charge is 2.35. The molecule has 100 valence electrons. The van der Waals surface area contributed by atoms with E-state index in [0.717, 1.165) is 6.07 Å². The van der Waals surface area contributed by atoms with E-state index in [2.05, 4.69) is 4.84 Å². The van der Waals surface area contributed by atoms with Crippen LogP contribution in [0.1, 0.15) is 17.5 Å². The number of rotatable bonds is 2. The van der Waals surface area contributed by atoms with Crippen LogP contribution in [-0.4, -0.2) is 13.2 Å². The van der Waals surface area contributed by atoms with Gasteiger partial charge in [0, 0.05) is 6.42 Å². The van der Waals surface area contributed by atoms with Crippen molar-refractivity contribution in [2.45, 2.75) is 19.2 Å². The van der Waals surface area contributed by atoms with Crippen molar-refractivity contribution in [3.05, 3.63) is 23.3 Å². The van der Waals surface area contributed by atoms with Gasteiger partial charge in [-0.3, -0.25) is 4.84 Å². The predicted octanol–water partition coefficient (Wildman–Crippen LogP) is 2.26. The molecule has 1 aromatic carbocycles. The highest BCUT2D eigenvalue weighted by atomic mass is 19.4. The van der Waals surface area contributed by atoms with Crippen LogP contribution in [0.2, 0.25) is 0 Å². The Labute approximate surface area is 101 Å². The molecule has 1 aliphatic heterocycles. The average molecular weight is 263 g/mol. The van der Waals surface area contributed by atoms with Crippen LogP contribution in [0, 0.1) is 0 Å². The van der Waals surface area contributed by atoms with Crippen molar-refractivity contribution in [3.63, 3.8) is 0 Å². The molecule has 0 aromatic heterocycles. The molecule has 0 spiro atoms. The second-order valence-corrected chi connectivity index (χ2v) is 3.82. The van der Waals surface area contributed by atoms with Gasteiger partial charge in [0.2, 0.25) is 0 Å². The quantitative estimate of drug-likeness (QED) is 0.831. The average Bonchev–Trinajstić information content (AvgIpc) is 2.51. The van der Waals surface area contributed by atoms with Crippen molar-refractivity contribution >= 4 is 0 Å². The van der Waals surface area contributed by atoms with Crippen LogP contribution in [0.15, 0.2) is 12.1 Å². The van der Waals surface area contributed by atoms with Crippen LogP contribution < -0.4 is 15.4 Å². The van der Waals surface area contributed by atoms with E-state index in [1.165, 1.54) is 6.07 Å². The summed E-state index contributed by atoms with van der Waals surface area (Å²) >= 11 is 0. The van der Waals surface area contributed by atoms with Gasteiger partial charge >= 0.3 is 6.18 Å². The zero-order chi connectivity index (χ0) is 13.2. The van der Waals surface area contributed by atoms with Gasteiger partial charge in [-0.25, -0.2) is 5.90 Å². The predicted molar refractivity (Wildman–Crippen MR) is 56.0 cm³/mol. The zero-order valence-corrected chi connectivity index (χ0v) is 9.42. The SMILES string of the molecule is NOCc1cc2c(cc1C(F)(F)F)OCCCO2. The summed E-state index contributed by atoms with van der Waals surface area (Å²) in [5, 5.41) is 0. The van der Waals surface area contributed by atoms with Gasteiger partial charge in [-0.2, -0.15) is 13.2 Å².